The highest BCUT2D eigenvalue weighted by atomic mass is 16.5. The highest BCUT2D eigenvalue weighted by Crippen LogP contribution is 2.13. The summed E-state index contributed by atoms with van der Waals surface area (Å²) in [6, 6.07) is -0.800. The molecule has 0 aromatic rings. The Bertz CT molecular complexity index is 205. The van der Waals surface area contributed by atoms with E-state index in [0.717, 1.165) is 32.5 Å². The van der Waals surface area contributed by atoms with Crippen LogP contribution in [-0.2, 0) is 9.53 Å². The van der Waals surface area contributed by atoms with Gasteiger partial charge in [-0.25, -0.2) is 0 Å². The summed E-state index contributed by atoms with van der Waals surface area (Å²) in [5.41, 5.74) is 5.49. The van der Waals surface area contributed by atoms with Gasteiger partial charge in [0.2, 0.25) is 0 Å². The summed E-state index contributed by atoms with van der Waals surface area (Å²) in [4.78, 5) is 12.6. The second-order valence-corrected chi connectivity index (χ2v) is 3.93. The number of carboxylic acid groups (broad SMARTS) is 1. The van der Waals surface area contributed by atoms with Crippen LogP contribution in [-0.4, -0.2) is 54.4 Å². The lowest BCUT2D eigenvalue weighted by atomic mass is 10.2. The topological polar surface area (TPSA) is 75.8 Å². The Kier molecular flexibility index (Phi) is 5.01. The normalized spacial score (nSPS) is 23.3. The molecule has 0 amide bonds. The van der Waals surface area contributed by atoms with E-state index in [-0.39, 0.29) is 6.10 Å². The summed E-state index contributed by atoms with van der Waals surface area (Å²) in [5.74, 6) is -0.944. The van der Waals surface area contributed by atoms with Crippen LogP contribution in [0.5, 0.6) is 0 Å². The van der Waals surface area contributed by atoms with Crippen LogP contribution in [0.25, 0.3) is 0 Å². The molecule has 0 aromatic heterocycles. The number of carbonyl (C=O) groups is 1. The Balaban J connectivity index is 2.31. The Hall–Kier alpha value is -0.650. The molecule has 88 valence electrons. The lowest BCUT2D eigenvalue weighted by molar-refractivity contribution is -0.139. The van der Waals surface area contributed by atoms with Gasteiger partial charge in [-0.05, 0) is 19.4 Å². The van der Waals surface area contributed by atoms with Crippen LogP contribution >= 0.6 is 0 Å². The van der Waals surface area contributed by atoms with E-state index in [1.807, 2.05) is 11.8 Å². The zero-order chi connectivity index (χ0) is 11.3. The molecule has 1 aliphatic rings. The summed E-state index contributed by atoms with van der Waals surface area (Å²) in [6.07, 6.45) is 2.43. The van der Waals surface area contributed by atoms with Crippen molar-refractivity contribution >= 4 is 5.97 Å². The molecule has 0 aliphatic carbocycles. The average Bonchev–Trinajstić information content (AvgIpc) is 2.69. The molecule has 5 nitrogen and oxygen atoms in total. The zero-order valence-corrected chi connectivity index (χ0v) is 9.19. The van der Waals surface area contributed by atoms with Gasteiger partial charge in [0.15, 0.2) is 0 Å². The van der Waals surface area contributed by atoms with Crippen LogP contribution in [0.1, 0.15) is 19.8 Å². The standard InChI is InChI=1S/C10H20N2O3/c1-2-12(7-9(11)10(13)14)6-8-4-3-5-15-8/h8-9H,2-7,11H2,1H3,(H,13,14). The van der Waals surface area contributed by atoms with Gasteiger partial charge in [0.25, 0.3) is 0 Å². The van der Waals surface area contributed by atoms with E-state index in [0.29, 0.717) is 6.54 Å². The van der Waals surface area contributed by atoms with Crippen molar-refractivity contribution in [3.63, 3.8) is 0 Å². The SMILES string of the molecule is CCN(CC1CCCO1)CC(N)C(=O)O. The van der Waals surface area contributed by atoms with Gasteiger partial charge in [-0.2, -0.15) is 0 Å². The van der Waals surface area contributed by atoms with E-state index in [2.05, 4.69) is 0 Å². The largest absolute Gasteiger partial charge is 0.480 e. The molecule has 2 atom stereocenters. The van der Waals surface area contributed by atoms with Crippen LogP contribution < -0.4 is 5.73 Å². The third-order valence-electron chi connectivity index (χ3n) is 2.71. The Morgan fingerprint density at radius 3 is 2.93 bits per heavy atom. The molecule has 0 saturated carbocycles. The van der Waals surface area contributed by atoms with Gasteiger partial charge in [-0.15, -0.1) is 0 Å². The van der Waals surface area contributed by atoms with Gasteiger partial charge in [-0.1, -0.05) is 6.92 Å². The second-order valence-electron chi connectivity index (χ2n) is 3.93. The number of nitrogens with zero attached hydrogens (tertiary/aromatic N) is 1. The Morgan fingerprint density at radius 2 is 2.47 bits per heavy atom. The van der Waals surface area contributed by atoms with E-state index in [1.54, 1.807) is 0 Å². The van der Waals surface area contributed by atoms with Gasteiger partial charge < -0.3 is 15.6 Å². The number of ether oxygens (including phenoxy) is 1. The van der Waals surface area contributed by atoms with E-state index in [1.165, 1.54) is 0 Å². The zero-order valence-electron chi connectivity index (χ0n) is 9.19. The Morgan fingerprint density at radius 1 is 1.73 bits per heavy atom. The Labute approximate surface area is 90.2 Å². The highest BCUT2D eigenvalue weighted by Gasteiger charge is 2.21. The van der Waals surface area contributed by atoms with E-state index in [9.17, 15) is 4.79 Å². The van der Waals surface area contributed by atoms with Gasteiger partial charge in [0.05, 0.1) is 6.10 Å². The van der Waals surface area contributed by atoms with Crippen molar-refractivity contribution in [2.75, 3.05) is 26.2 Å². The van der Waals surface area contributed by atoms with Gasteiger partial charge in [0.1, 0.15) is 6.04 Å². The summed E-state index contributed by atoms with van der Waals surface area (Å²) in [5, 5.41) is 8.70. The van der Waals surface area contributed by atoms with Crippen molar-refractivity contribution in [3.8, 4) is 0 Å². The molecule has 0 bridgehead atoms. The van der Waals surface area contributed by atoms with Crippen LogP contribution in [0.2, 0.25) is 0 Å². The molecule has 15 heavy (non-hydrogen) atoms. The highest BCUT2D eigenvalue weighted by molar-refractivity contribution is 5.73. The van der Waals surface area contributed by atoms with Crippen molar-refractivity contribution in [2.45, 2.75) is 31.9 Å². The molecule has 3 N–H and O–H groups in total. The fourth-order valence-corrected chi connectivity index (χ4v) is 1.77. The number of carboxylic acids is 1. The fourth-order valence-electron chi connectivity index (χ4n) is 1.77. The molecule has 1 rings (SSSR count). The molecular formula is C10H20N2O3. The fraction of sp³-hybridized carbons (Fsp3) is 0.900. The number of likely N-dealkylation sites (N-methyl/N-ethyl adjacent to an activating group) is 1. The monoisotopic (exact) mass is 216 g/mol. The van der Waals surface area contributed by atoms with E-state index >= 15 is 0 Å². The number of hydrogen-bond acceptors (Lipinski definition) is 4. The second kappa shape index (κ2) is 6.05. The van der Waals surface area contributed by atoms with Crippen molar-refractivity contribution in [1.29, 1.82) is 0 Å². The molecule has 5 heteroatoms. The van der Waals surface area contributed by atoms with E-state index < -0.39 is 12.0 Å². The van der Waals surface area contributed by atoms with Crippen molar-refractivity contribution < 1.29 is 14.6 Å². The molecule has 1 heterocycles. The van der Waals surface area contributed by atoms with Gasteiger partial charge in [-0.3, -0.25) is 9.69 Å². The summed E-state index contributed by atoms with van der Waals surface area (Å²) in [6.45, 7) is 4.82. The predicted octanol–water partition coefficient (Wildman–Crippen LogP) is -0.101. The summed E-state index contributed by atoms with van der Waals surface area (Å²) in [7, 11) is 0. The van der Waals surface area contributed by atoms with Gasteiger partial charge >= 0.3 is 5.97 Å². The molecule has 0 radical (unpaired) electrons. The van der Waals surface area contributed by atoms with Gasteiger partial charge in [0, 0.05) is 19.7 Å². The lowest BCUT2D eigenvalue weighted by Gasteiger charge is -2.24. The first kappa shape index (κ1) is 12.4. The molecular weight excluding hydrogens is 196 g/mol. The maximum atomic E-state index is 10.6. The minimum atomic E-state index is -0.944. The maximum Gasteiger partial charge on any atom is 0.321 e. The number of nitrogens with two attached hydrogens (primary N) is 1. The quantitative estimate of drug-likeness (QED) is 0.648. The maximum absolute atomic E-state index is 10.6. The number of aliphatic carboxylic acids is 1. The van der Waals surface area contributed by atoms with E-state index in [4.69, 9.17) is 15.6 Å². The molecule has 0 aromatic carbocycles. The first-order valence-electron chi connectivity index (χ1n) is 5.45. The number of rotatable bonds is 6. The van der Waals surface area contributed by atoms with Crippen LogP contribution in [0.15, 0.2) is 0 Å². The van der Waals surface area contributed by atoms with Crippen molar-refractivity contribution in [1.82, 2.24) is 4.90 Å². The lowest BCUT2D eigenvalue weighted by Crippen LogP contribution is -2.45. The average molecular weight is 216 g/mol. The minimum Gasteiger partial charge on any atom is -0.480 e. The van der Waals surface area contributed by atoms with Crippen LogP contribution in [0.3, 0.4) is 0 Å². The minimum absolute atomic E-state index is 0.256. The molecule has 2 unspecified atom stereocenters. The molecule has 0 spiro atoms. The smallest absolute Gasteiger partial charge is 0.321 e. The molecule has 1 fully saturated rings. The third-order valence-corrected chi connectivity index (χ3v) is 2.71. The summed E-state index contributed by atoms with van der Waals surface area (Å²) < 4.78 is 5.50. The van der Waals surface area contributed by atoms with Crippen LogP contribution in [0.4, 0.5) is 0 Å². The number of hydrogen-bond donors (Lipinski definition) is 2. The molecule has 1 saturated heterocycles. The first-order valence-corrected chi connectivity index (χ1v) is 5.45. The van der Waals surface area contributed by atoms with Crippen molar-refractivity contribution in [3.05, 3.63) is 0 Å². The third kappa shape index (κ3) is 4.15. The van der Waals surface area contributed by atoms with Crippen LogP contribution in [0, 0.1) is 0 Å². The molecule has 1 aliphatic heterocycles. The predicted molar refractivity (Wildman–Crippen MR) is 56.7 cm³/mol. The summed E-state index contributed by atoms with van der Waals surface area (Å²) >= 11 is 0. The van der Waals surface area contributed by atoms with Crippen molar-refractivity contribution in [2.24, 2.45) is 5.73 Å². The first-order chi connectivity index (χ1) is 7.13.